The Bertz CT molecular complexity index is 242. The first-order chi connectivity index (χ1) is 7.68. The summed E-state index contributed by atoms with van der Waals surface area (Å²) in [4.78, 5) is 14.1. The summed E-state index contributed by atoms with van der Waals surface area (Å²) in [5.74, 6) is 0. The molecule has 0 fully saturated rings. The summed E-state index contributed by atoms with van der Waals surface area (Å²) in [6.07, 6.45) is -0.978. The van der Waals surface area contributed by atoms with E-state index in [9.17, 15) is 4.79 Å². The van der Waals surface area contributed by atoms with Crippen LogP contribution in [-0.2, 0) is 9.47 Å². The minimum atomic E-state index is -0.978. The molecule has 0 atom stereocenters. The Morgan fingerprint density at radius 2 is 2.00 bits per heavy atom. The molecule has 0 aliphatic rings. The lowest BCUT2D eigenvalue weighted by Crippen LogP contribution is -2.28. The van der Waals surface area contributed by atoms with Crippen LogP contribution < -0.4 is 0 Å². The number of hydrogen-bond acceptors (Lipinski definition) is 4. The van der Waals surface area contributed by atoms with Crippen LogP contribution in [-0.4, -0.2) is 62.7 Å². The van der Waals surface area contributed by atoms with Crippen molar-refractivity contribution < 1.29 is 19.4 Å². The molecule has 16 heavy (non-hydrogen) atoms. The number of ether oxygens (including phenoxy) is 2. The number of azide groups is 1. The van der Waals surface area contributed by atoms with Crippen LogP contribution in [0.1, 0.15) is 0 Å². The van der Waals surface area contributed by atoms with Gasteiger partial charge in [0.05, 0.1) is 26.4 Å². The van der Waals surface area contributed by atoms with E-state index in [1.54, 1.807) is 0 Å². The highest BCUT2D eigenvalue weighted by atomic mass is 16.5. The summed E-state index contributed by atoms with van der Waals surface area (Å²) >= 11 is 0. The summed E-state index contributed by atoms with van der Waals surface area (Å²) in [5.41, 5.74) is 7.96. The van der Waals surface area contributed by atoms with E-state index in [1.807, 2.05) is 0 Å². The highest BCUT2D eigenvalue weighted by Crippen LogP contribution is 1.85. The second-order valence-electron chi connectivity index (χ2n) is 2.88. The fourth-order valence-electron chi connectivity index (χ4n) is 0.769. The average molecular weight is 232 g/mol. The molecule has 0 aromatic rings. The Balaban J connectivity index is 3.15. The molecule has 0 unspecified atom stereocenters. The van der Waals surface area contributed by atoms with Crippen LogP contribution in [0.3, 0.4) is 0 Å². The minimum Gasteiger partial charge on any atom is -0.465 e. The predicted octanol–water partition coefficient (Wildman–Crippen LogP) is 0.940. The number of rotatable bonds is 9. The first-order valence-corrected chi connectivity index (χ1v) is 4.79. The van der Waals surface area contributed by atoms with Gasteiger partial charge in [-0.15, -0.1) is 0 Å². The molecule has 0 saturated carbocycles. The van der Waals surface area contributed by atoms with Gasteiger partial charge in [-0.3, -0.25) is 0 Å². The molecule has 0 bridgehead atoms. The highest BCUT2D eigenvalue weighted by Gasteiger charge is 2.03. The van der Waals surface area contributed by atoms with Gasteiger partial charge in [0.2, 0.25) is 0 Å². The van der Waals surface area contributed by atoms with Crippen LogP contribution in [0.25, 0.3) is 10.4 Å². The van der Waals surface area contributed by atoms with Crippen molar-refractivity contribution in [3.63, 3.8) is 0 Å². The number of carboxylic acid groups (broad SMARTS) is 1. The van der Waals surface area contributed by atoms with Gasteiger partial charge in [-0.05, 0) is 5.53 Å². The van der Waals surface area contributed by atoms with Gasteiger partial charge in [-0.2, -0.15) is 0 Å². The third-order valence-corrected chi connectivity index (χ3v) is 1.67. The van der Waals surface area contributed by atoms with Gasteiger partial charge < -0.3 is 19.5 Å². The maximum absolute atomic E-state index is 10.4. The lowest BCUT2D eigenvalue weighted by Gasteiger charge is -2.12. The quantitative estimate of drug-likeness (QED) is 0.276. The number of likely N-dealkylation sites (N-methyl/N-ethyl adjacent to an activating group) is 1. The molecule has 0 aromatic heterocycles. The Hall–Kier alpha value is -1.50. The van der Waals surface area contributed by atoms with Crippen molar-refractivity contribution in [2.45, 2.75) is 0 Å². The second kappa shape index (κ2) is 10.0. The van der Waals surface area contributed by atoms with E-state index in [2.05, 4.69) is 10.0 Å². The maximum Gasteiger partial charge on any atom is 0.407 e. The van der Waals surface area contributed by atoms with Crippen molar-refractivity contribution >= 4 is 6.09 Å². The summed E-state index contributed by atoms with van der Waals surface area (Å²) in [7, 11) is 1.47. The topological polar surface area (TPSA) is 108 Å². The first kappa shape index (κ1) is 14.5. The minimum absolute atomic E-state index is 0.304. The first-order valence-electron chi connectivity index (χ1n) is 4.79. The zero-order valence-electron chi connectivity index (χ0n) is 9.20. The van der Waals surface area contributed by atoms with E-state index in [-0.39, 0.29) is 0 Å². The Kier molecular flexibility index (Phi) is 9.09. The Morgan fingerprint density at radius 1 is 1.38 bits per heavy atom. The van der Waals surface area contributed by atoms with Crippen molar-refractivity contribution in [3.05, 3.63) is 10.4 Å². The van der Waals surface area contributed by atoms with Crippen LogP contribution in [0.5, 0.6) is 0 Å². The van der Waals surface area contributed by atoms with Crippen molar-refractivity contribution in [1.82, 2.24) is 4.90 Å². The van der Waals surface area contributed by atoms with Crippen molar-refractivity contribution in [1.29, 1.82) is 0 Å². The lowest BCUT2D eigenvalue weighted by molar-refractivity contribution is 0.0436. The molecule has 0 aliphatic heterocycles. The van der Waals surface area contributed by atoms with Gasteiger partial charge >= 0.3 is 6.09 Å². The molecule has 0 aromatic carbocycles. The largest absolute Gasteiger partial charge is 0.465 e. The third kappa shape index (κ3) is 9.07. The van der Waals surface area contributed by atoms with Gasteiger partial charge in [0.25, 0.3) is 0 Å². The van der Waals surface area contributed by atoms with E-state index in [0.717, 1.165) is 4.90 Å². The van der Waals surface area contributed by atoms with Crippen molar-refractivity contribution in [3.8, 4) is 0 Å². The molecule has 8 nitrogen and oxygen atoms in total. The molecule has 1 amide bonds. The molecular weight excluding hydrogens is 216 g/mol. The molecule has 0 spiro atoms. The molecule has 0 aliphatic carbocycles. The van der Waals surface area contributed by atoms with Crippen molar-refractivity contribution in [2.75, 3.05) is 46.6 Å². The van der Waals surface area contributed by atoms with E-state index in [1.165, 1.54) is 7.05 Å². The smallest absolute Gasteiger partial charge is 0.407 e. The van der Waals surface area contributed by atoms with E-state index >= 15 is 0 Å². The zero-order chi connectivity index (χ0) is 12.2. The number of nitrogens with zero attached hydrogens (tertiary/aromatic N) is 4. The van der Waals surface area contributed by atoms with Crippen LogP contribution >= 0.6 is 0 Å². The summed E-state index contributed by atoms with van der Waals surface area (Å²) in [6.45, 7) is 2.12. The SMILES string of the molecule is CN(CCOCCOCCN=[N+]=[N-])C(=O)O. The molecule has 0 radical (unpaired) electrons. The fourth-order valence-corrected chi connectivity index (χ4v) is 0.769. The van der Waals surface area contributed by atoms with Crippen LogP contribution in [0.4, 0.5) is 4.79 Å². The molecule has 92 valence electrons. The predicted molar refractivity (Wildman–Crippen MR) is 56.3 cm³/mol. The molecule has 8 heteroatoms. The van der Waals surface area contributed by atoms with E-state index in [4.69, 9.17) is 20.1 Å². The number of amides is 1. The van der Waals surface area contributed by atoms with Gasteiger partial charge in [-0.1, -0.05) is 5.11 Å². The molecule has 1 N–H and O–H groups in total. The molecule has 0 rings (SSSR count). The Morgan fingerprint density at radius 3 is 2.56 bits per heavy atom. The third-order valence-electron chi connectivity index (χ3n) is 1.67. The van der Waals surface area contributed by atoms with Crippen LogP contribution in [0.15, 0.2) is 5.11 Å². The zero-order valence-corrected chi connectivity index (χ0v) is 9.20. The van der Waals surface area contributed by atoms with Crippen LogP contribution in [0.2, 0.25) is 0 Å². The lowest BCUT2D eigenvalue weighted by atomic mass is 10.6. The van der Waals surface area contributed by atoms with E-state index in [0.29, 0.717) is 39.5 Å². The standard InChI is InChI=1S/C8H16N4O4/c1-12(8(13)14)3-5-16-7-6-15-4-2-10-11-9/h2-7H2,1H3,(H,13,14). The fraction of sp³-hybridized carbons (Fsp3) is 0.875. The van der Waals surface area contributed by atoms with Gasteiger partial charge in [0.1, 0.15) is 0 Å². The highest BCUT2D eigenvalue weighted by molar-refractivity contribution is 5.64. The molecular formula is C8H16N4O4. The monoisotopic (exact) mass is 232 g/mol. The Labute approximate surface area is 93.4 Å². The van der Waals surface area contributed by atoms with Gasteiger partial charge in [0, 0.05) is 25.0 Å². The summed E-state index contributed by atoms with van der Waals surface area (Å²) in [6, 6.07) is 0. The molecule has 0 saturated heterocycles. The number of carbonyl (C=O) groups is 1. The maximum atomic E-state index is 10.4. The van der Waals surface area contributed by atoms with Gasteiger partial charge in [0.15, 0.2) is 0 Å². The number of hydrogen-bond donors (Lipinski definition) is 1. The average Bonchev–Trinajstić information content (AvgIpc) is 2.26. The summed E-state index contributed by atoms with van der Waals surface area (Å²) < 4.78 is 10.2. The molecule has 0 heterocycles. The second-order valence-corrected chi connectivity index (χ2v) is 2.88. The normalized spacial score (nSPS) is 9.56. The van der Waals surface area contributed by atoms with Crippen molar-refractivity contribution in [2.24, 2.45) is 5.11 Å². The summed E-state index contributed by atoms with van der Waals surface area (Å²) in [5, 5.41) is 11.8. The van der Waals surface area contributed by atoms with E-state index < -0.39 is 6.09 Å². The van der Waals surface area contributed by atoms with Gasteiger partial charge in [-0.25, -0.2) is 4.79 Å². The van der Waals surface area contributed by atoms with Crippen LogP contribution in [0, 0.1) is 0 Å².